The van der Waals surface area contributed by atoms with Crippen LogP contribution in [0.15, 0.2) is 24.3 Å². The van der Waals surface area contributed by atoms with Crippen molar-refractivity contribution in [1.82, 2.24) is 5.32 Å². The van der Waals surface area contributed by atoms with Crippen molar-refractivity contribution < 1.29 is 4.74 Å². The summed E-state index contributed by atoms with van der Waals surface area (Å²) in [5.41, 5.74) is 2.90. The molecule has 112 valence electrons. The summed E-state index contributed by atoms with van der Waals surface area (Å²) in [4.78, 5) is 0. The van der Waals surface area contributed by atoms with E-state index in [1.165, 1.54) is 30.4 Å². The van der Waals surface area contributed by atoms with Crippen molar-refractivity contribution in [2.75, 3.05) is 13.7 Å². The summed E-state index contributed by atoms with van der Waals surface area (Å²) in [6, 6.07) is 9.46. The van der Waals surface area contributed by atoms with Gasteiger partial charge in [0, 0.05) is 7.11 Å². The highest BCUT2D eigenvalue weighted by atomic mass is 16.5. The second kappa shape index (κ2) is 7.80. The lowest BCUT2D eigenvalue weighted by Crippen LogP contribution is -2.33. The van der Waals surface area contributed by atoms with Crippen LogP contribution in [0.2, 0.25) is 0 Å². The van der Waals surface area contributed by atoms with E-state index < -0.39 is 0 Å². The molecule has 2 heteroatoms. The molecule has 0 amide bonds. The van der Waals surface area contributed by atoms with Crippen LogP contribution in [-0.4, -0.2) is 19.8 Å². The van der Waals surface area contributed by atoms with Gasteiger partial charge in [0.25, 0.3) is 0 Å². The number of ether oxygens (including phenoxy) is 1. The van der Waals surface area contributed by atoms with Gasteiger partial charge in [-0.2, -0.15) is 0 Å². The predicted octanol–water partition coefficient (Wildman–Crippen LogP) is 4.42. The van der Waals surface area contributed by atoms with Crippen molar-refractivity contribution in [3.8, 4) is 0 Å². The zero-order valence-corrected chi connectivity index (χ0v) is 13.2. The Bertz CT molecular complexity index is 396. The normalized spacial score (nSPS) is 18.6. The molecule has 1 aromatic carbocycles. The van der Waals surface area contributed by atoms with Gasteiger partial charge in [0.05, 0.1) is 12.1 Å². The van der Waals surface area contributed by atoms with Gasteiger partial charge in [0.1, 0.15) is 0 Å². The second-order valence-electron chi connectivity index (χ2n) is 5.91. The van der Waals surface area contributed by atoms with Gasteiger partial charge in [-0.3, -0.25) is 0 Å². The smallest absolute Gasteiger partial charge is 0.0763 e. The number of hydrogen-bond acceptors (Lipinski definition) is 2. The number of methoxy groups -OCH3 is 1. The Labute approximate surface area is 123 Å². The Kier molecular flexibility index (Phi) is 6.06. The number of nitrogens with one attached hydrogen (secondary N) is 1. The number of hydrogen-bond donors (Lipinski definition) is 1. The number of benzene rings is 1. The van der Waals surface area contributed by atoms with Gasteiger partial charge < -0.3 is 10.1 Å². The largest absolute Gasteiger partial charge is 0.379 e. The molecule has 1 fully saturated rings. The molecule has 0 spiro atoms. The molecule has 1 saturated carbocycles. The van der Waals surface area contributed by atoms with E-state index in [0.29, 0.717) is 6.04 Å². The van der Waals surface area contributed by atoms with Crippen LogP contribution < -0.4 is 5.32 Å². The van der Waals surface area contributed by atoms with E-state index >= 15 is 0 Å². The summed E-state index contributed by atoms with van der Waals surface area (Å²) >= 11 is 0. The molecule has 2 atom stereocenters. The Morgan fingerprint density at radius 1 is 1.30 bits per heavy atom. The minimum Gasteiger partial charge on any atom is -0.379 e. The molecular formula is C18H29NO. The quantitative estimate of drug-likeness (QED) is 0.758. The fraction of sp³-hybridized carbons (Fsp3) is 0.667. The maximum atomic E-state index is 5.69. The molecule has 0 aliphatic heterocycles. The standard InChI is InChI=1S/C18H29NO/c1-4-12-19-18(17(5-2)20-3)16-11-7-10-15(13-16)14-8-6-9-14/h7,10-11,13-14,17-19H,4-6,8-9,12H2,1-3H3. The molecule has 1 aliphatic rings. The second-order valence-corrected chi connectivity index (χ2v) is 5.91. The summed E-state index contributed by atoms with van der Waals surface area (Å²) in [7, 11) is 1.82. The lowest BCUT2D eigenvalue weighted by atomic mass is 9.79. The molecule has 0 aromatic heterocycles. The SMILES string of the molecule is CCCNC(c1cccc(C2CCC2)c1)C(CC)OC. The first-order valence-electron chi connectivity index (χ1n) is 8.16. The maximum Gasteiger partial charge on any atom is 0.0763 e. The van der Waals surface area contributed by atoms with Crippen LogP contribution in [0.5, 0.6) is 0 Å². The van der Waals surface area contributed by atoms with E-state index in [-0.39, 0.29) is 6.10 Å². The summed E-state index contributed by atoms with van der Waals surface area (Å²) < 4.78 is 5.69. The first-order valence-corrected chi connectivity index (χ1v) is 8.16. The average Bonchev–Trinajstić information content (AvgIpc) is 2.42. The van der Waals surface area contributed by atoms with E-state index in [1.807, 2.05) is 7.11 Å². The van der Waals surface area contributed by atoms with Gasteiger partial charge in [-0.25, -0.2) is 0 Å². The zero-order valence-electron chi connectivity index (χ0n) is 13.2. The maximum absolute atomic E-state index is 5.69. The minimum atomic E-state index is 0.248. The highest BCUT2D eigenvalue weighted by Crippen LogP contribution is 2.37. The van der Waals surface area contributed by atoms with E-state index in [1.54, 1.807) is 0 Å². The van der Waals surface area contributed by atoms with Crippen molar-refractivity contribution in [2.24, 2.45) is 0 Å². The van der Waals surface area contributed by atoms with Crippen LogP contribution in [0.25, 0.3) is 0 Å². The van der Waals surface area contributed by atoms with Crippen molar-refractivity contribution in [2.45, 2.75) is 64.0 Å². The summed E-state index contributed by atoms with van der Waals surface area (Å²) in [5, 5.41) is 3.66. The minimum absolute atomic E-state index is 0.248. The van der Waals surface area contributed by atoms with E-state index in [4.69, 9.17) is 4.74 Å². The summed E-state index contributed by atoms with van der Waals surface area (Å²) in [5.74, 6) is 0.796. The fourth-order valence-electron chi connectivity index (χ4n) is 3.05. The summed E-state index contributed by atoms with van der Waals surface area (Å²) in [6.45, 7) is 5.45. The predicted molar refractivity (Wildman–Crippen MR) is 85.2 cm³/mol. The molecule has 2 nitrogen and oxygen atoms in total. The molecule has 0 saturated heterocycles. The molecular weight excluding hydrogens is 246 g/mol. The van der Waals surface area contributed by atoms with Crippen molar-refractivity contribution in [3.63, 3.8) is 0 Å². The van der Waals surface area contributed by atoms with E-state index in [0.717, 1.165) is 25.3 Å². The van der Waals surface area contributed by atoms with Gasteiger partial charge in [-0.1, -0.05) is 44.5 Å². The van der Waals surface area contributed by atoms with Crippen LogP contribution in [-0.2, 0) is 4.74 Å². The molecule has 2 unspecified atom stereocenters. The Morgan fingerprint density at radius 2 is 2.10 bits per heavy atom. The van der Waals surface area contributed by atoms with Gasteiger partial charge in [0.2, 0.25) is 0 Å². The van der Waals surface area contributed by atoms with Gasteiger partial charge in [0.15, 0.2) is 0 Å². The Balaban J connectivity index is 2.17. The average molecular weight is 275 g/mol. The fourth-order valence-corrected chi connectivity index (χ4v) is 3.05. The van der Waals surface area contributed by atoms with Crippen LogP contribution in [0.4, 0.5) is 0 Å². The van der Waals surface area contributed by atoms with Crippen LogP contribution >= 0.6 is 0 Å². The summed E-state index contributed by atoms with van der Waals surface area (Å²) in [6.07, 6.45) is 6.54. The van der Waals surface area contributed by atoms with Crippen LogP contribution in [0.1, 0.15) is 69.0 Å². The van der Waals surface area contributed by atoms with E-state index in [9.17, 15) is 0 Å². The third-order valence-corrected chi connectivity index (χ3v) is 4.54. The lowest BCUT2D eigenvalue weighted by Gasteiger charge is -2.30. The van der Waals surface area contributed by atoms with Crippen molar-refractivity contribution in [3.05, 3.63) is 35.4 Å². The monoisotopic (exact) mass is 275 g/mol. The first kappa shape index (κ1) is 15.5. The van der Waals surface area contributed by atoms with Gasteiger partial charge in [-0.05, 0) is 49.3 Å². The third kappa shape index (κ3) is 3.62. The molecule has 0 heterocycles. The number of rotatable bonds is 8. The van der Waals surface area contributed by atoms with Crippen LogP contribution in [0.3, 0.4) is 0 Å². The van der Waals surface area contributed by atoms with Crippen molar-refractivity contribution >= 4 is 0 Å². The first-order chi connectivity index (χ1) is 9.80. The molecule has 2 rings (SSSR count). The molecule has 1 aromatic rings. The molecule has 1 aliphatic carbocycles. The molecule has 0 bridgehead atoms. The van der Waals surface area contributed by atoms with Gasteiger partial charge >= 0.3 is 0 Å². The highest BCUT2D eigenvalue weighted by molar-refractivity contribution is 5.30. The Hall–Kier alpha value is -0.860. The third-order valence-electron chi connectivity index (χ3n) is 4.54. The van der Waals surface area contributed by atoms with Crippen LogP contribution in [0, 0.1) is 0 Å². The Morgan fingerprint density at radius 3 is 2.65 bits per heavy atom. The topological polar surface area (TPSA) is 21.3 Å². The molecule has 1 N–H and O–H groups in total. The molecule has 0 radical (unpaired) electrons. The lowest BCUT2D eigenvalue weighted by molar-refractivity contribution is 0.0650. The highest BCUT2D eigenvalue weighted by Gasteiger charge is 2.24. The van der Waals surface area contributed by atoms with E-state index in [2.05, 4.69) is 43.4 Å². The van der Waals surface area contributed by atoms with Crippen molar-refractivity contribution in [1.29, 1.82) is 0 Å². The molecule has 20 heavy (non-hydrogen) atoms. The zero-order chi connectivity index (χ0) is 14.4. The van der Waals surface area contributed by atoms with Gasteiger partial charge in [-0.15, -0.1) is 0 Å².